The third-order valence-electron chi connectivity index (χ3n) is 3.16. The van der Waals surface area contributed by atoms with Crippen molar-refractivity contribution in [3.05, 3.63) is 52.7 Å². The first-order chi connectivity index (χ1) is 10.5. The normalized spacial score (nSPS) is 11.8. The Morgan fingerprint density at radius 3 is 2.77 bits per heavy atom. The second-order valence-electron chi connectivity index (χ2n) is 5.10. The summed E-state index contributed by atoms with van der Waals surface area (Å²) in [6.07, 6.45) is -0.0938. The molecule has 0 aliphatic rings. The molecule has 1 N–H and O–H groups in total. The van der Waals surface area contributed by atoms with E-state index in [1.807, 2.05) is 45.0 Å². The number of ether oxygens (including phenoxy) is 1. The van der Waals surface area contributed by atoms with Crippen LogP contribution in [0.15, 0.2) is 36.4 Å². The molecular weight excluding hydrogens is 300 g/mol. The average molecular weight is 319 g/mol. The van der Waals surface area contributed by atoms with E-state index < -0.39 is 6.10 Å². The zero-order valence-corrected chi connectivity index (χ0v) is 13.6. The average Bonchev–Trinajstić information content (AvgIpc) is 2.48. The Morgan fingerprint density at radius 1 is 1.32 bits per heavy atom. The van der Waals surface area contributed by atoms with Gasteiger partial charge in [0.05, 0.1) is 5.02 Å². The molecule has 1 aromatic carbocycles. The second-order valence-corrected chi connectivity index (χ2v) is 5.51. The number of aromatic nitrogens is 1. The molecule has 0 bridgehead atoms. The van der Waals surface area contributed by atoms with Gasteiger partial charge in [0.15, 0.2) is 6.10 Å². The quantitative estimate of drug-likeness (QED) is 0.901. The third-order valence-corrected chi connectivity index (χ3v) is 3.47. The number of pyridine rings is 1. The Kier molecular flexibility index (Phi) is 5.39. The first-order valence-corrected chi connectivity index (χ1v) is 7.54. The van der Waals surface area contributed by atoms with Gasteiger partial charge in [-0.2, -0.15) is 0 Å². The van der Waals surface area contributed by atoms with Gasteiger partial charge in [-0.05, 0) is 50.1 Å². The van der Waals surface area contributed by atoms with Gasteiger partial charge in [-0.1, -0.05) is 30.7 Å². The standard InChI is InChI=1S/C17H19ClN2O2/c1-4-14(22-15-10-11(2)8-9-13(15)18)17(21)20-16-7-5-6-12(3)19-16/h5-10,14H,4H2,1-3H3,(H,19,20,21). The summed E-state index contributed by atoms with van der Waals surface area (Å²) < 4.78 is 5.77. The molecule has 5 heteroatoms. The van der Waals surface area contributed by atoms with Crippen LogP contribution in [0.4, 0.5) is 5.82 Å². The number of hydrogen-bond acceptors (Lipinski definition) is 3. The Balaban J connectivity index is 2.10. The lowest BCUT2D eigenvalue weighted by molar-refractivity contribution is -0.122. The minimum absolute atomic E-state index is 0.238. The number of aryl methyl sites for hydroxylation is 2. The molecule has 0 saturated carbocycles. The molecule has 1 aromatic heterocycles. The van der Waals surface area contributed by atoms with Gasteiger partial charge in [-0.15, -0.1) is 0 Å². The maximum absolute atomic E-state index is 12.3. The van der Waals surface area contributed by atoms with E-state index in [0.29, 0.717) is 23.0 Å². The van der Waals surface area contributed by atoms with Gasteiger partial charge in [0.25, 0.3) is 5.91 Å². The van der Waals surface area contributed by atoms with Gasteiger partial charge in [-0.3, -0.25) is 4.79 Å². The maximum atomic E-state index is 12.3. The number of rotatable bonds is 5. The second kappa shape index (κ2) is 7.27. The summed E-state index contributed by atoms with van der Waals surface area (Å²) in [6, 6.07) is 10.9. The van der Waals surface area contributed by atoms with E-state index in [1.165, 1.54) is 0 Å². The van der Waals surface area contributed by atoms with Crippen LogP contribution in [0, 0.1) is 13.8 Å². The molecule has 0 aliphatic heterocycles. The fourth-order valence-electron chi connectivity index (χ4n) is 2.00. The highest BCUT2D eigenvalue weighted by Crippen LogP contribution is 2.27. The molecule has 1 atom stereocenters. The Hall–Kier alpha value is -2.07. The van der Waals surface area contributed by atoms with Crippen LogP contribution in [0.3, 0.4) is 0 Å². The summed E-state index contributed by atoms with van der Waals surface area (Å²) in [5.41, 5.74) is 1.86. The Labute approximate surface area is 135 Å². The van der Waals surface area contributed by atoms with Crippen molar-refractivity contribution >= 4 is 23.3 Å². The number of carbonyl (C=O) groups excluding carboxylic acids is 1. The van der Waals surface area contributed by atoms with Crippen molar-refractivity contribution in [2.45, 2.75) is 33.3 Å². The van der Waals surface area contributed by atoms with Gasteiger partial charge >= 0.3 is 0 Å². The first kappa shape index (κ1) is 16.3. The van der Waals surface area contributed by atoms with Crippen LogP contribution in [-0.2, 0) is 4.79 Å². The zero-order valence-electron chi connectivity index (χ0n) is 12.9. The number of halogens is 1. The van der Waals surface area contributed by atoms with E-state index in [1.54, 1.807) is 12.1 Å². The van der Waals surface area contributed by atoms with Gasteiger partial charge in [-0.25, -0.2) is 4.98 Å². The van der Waals surface area contributed by atoms with Crippen LogP contribution in [-0.4, -0.2) is 17.0 Å². The predicted molar refractivity (Wildman–Crippen MR) is 88.5 cm³/mol. The predicted octanol–water partition coefficient (Wildman–Crippen LogP) is 4.15. The van der Waals surface area contributed by atoms with Crippen LogP contribution >= 0.6 is 11.6 Å². The summed E-state index contributed by atoms with van der Waals surface area (Å²) in [6.45, 7) is 5.70. The molecule has 0 aliphatic carbocycles. The molecule has 1 unspecified atom stereocenters. The topological polar surface area (TPSA) is 51.2 Å². The molecule has 0 fully saturated rings. The highest BCUT2D eigenvalue weighted by Gasteiger charge is 2.20. The smallest absolute Gasteiger partial charge is 0.266 e. The molecule has 1 heterocycles. The largest absolute Gasteiger partial charge is 0.479 e. The molecule has 0 saturated heterocycles. The van der Waals surface area contributed by atoms with E-state index >= 15 is 0 Å². The highest BCUT2D eigenvalue weighted by atomic mass is 35.5. The van der Waals surface area contributed by atoms with E-state index in [-0.39, 0.29) is 5.91 Å². The van der Waals surface area contributed by atoms with Crippen molar-refractivity contribution in [2.24, 2.45) is 0 Å². The number of benzene rings is 1. The van der Waals surface area contributed by atoms with Crippen molar-refractivity contribution in [1.82, 2.24) is 4.98 Å². The van der Waals surface area contributed by atoms with Crippen LogP contribution in [0.1, 0.15) is 24.6 Å². The molecule has 4 nitrogen and oxygen atoms in total. The van der Waals surface area contributed by atoms with Crippen molar-refractivity contribution < 1.29 is 9.53 Å². The minimum atomic E-state index is -0.624. The molecule has 116 valence electrons. The number of amides is 1. The van der Waals surface area contributed by atoms with Gasteiger partial charge in [0.1, 0.15) is 11.6 Å². The molecule has 22 heavy (non-hydrogen) atoms. The van der Waals surface area contributed by atoms with Crippen molar-refractivity contribution in [3.63, 3.8) is 0 Å². The monoisotopic (exact) mass is 318 g/mol. The minimum Gasteiger partial charge on any atom is -0.479 e. The van der Waals surface area contributed by atoms with Gasteiger partial charge < -0.3 is 10.1 Å². The SMILES string of the molecule is CCC(Oc1cc(C)ccc1Cl)C(=O)Nc1cccc(C)n1. The van der Waals surface area contributed by atoms with Crippen LogP contribution in [0.25, 0.3) is 0 Å². The number of hydrogen-bond donors (Lipinski definition) is 1. The number of nitrogens with one attached hydrogen (secondary N) is 1. The van der Waals surface area contributed by atoms with Crippen molar-refractivity contribution in [3.8, 4) is 5.75 Å². The van der Waals surface area contributed by atoms with Gasteiger partial charge in [0.2, 0.25) is 0 Å². The molecular formula is C17H19ClN2O2. The summed E-state index contributed by atoms with van der Waals surface area (Å²) in [7, 11) is 0. The number of nitrogens with zero attached hydrogens (tertiary/aromatic N) is 1. The lowest BCUT2D eigenvalue weighted by atomic mass is 10.2. The molecule has 2 aromatic rings. The summed E-state index contributed by atoms with van der Waals surface area (Å²) in [4.78, 5) is 16.6. The van der Waals surface area contributed by atoms with Gasteiger partial charge in [0, 0.05) is 5.69 Å². The lowest BCUT2D eigenvalue weighted by Crippen LogP contribution is -2.32. The summed E-state index contributed by atoms with van der Waals surface area (Å²) >= 11 is 6.11. The maximum Gasteiger partial charge on any atom is 0.266 e. The van der Waals surface area contributed by atoms with Crippen LogP contribution in [0.2, 0.25) is 5.02 Å². The summed E-state index contributed by atoms with van der Waals surface area (Å²) in [5, 5.41) is 3.26. The first-order valence-electron chi connectivity index (χ1n) is 7.17. The summed E-state index contributed by atoms with van der Waals surface area (Å²) in [5.74, 6) is 0.793. The van der Waals surface area contributed by atoms with E-state index in [0.717, 1.165) is 11.3 Å². The number of anilines is 1. The highest BCUT2D eigenvalue weighted by molar-refractivity contribution is 6.32. The van der Waals surface area contributed by atoms with Crippen LogP contribution < -0.4 is 10.1 Å². The van der Waals surface area contributed by atoms with Crippen LogP contribution in [0.5, 0.6) is 5.75 Å². The van der Waals surface area contributed by atoms with E-state index in [2.05, 4.69) is 10.3 Å². The van der Waals surface area contributed by atoms with Crippen molar-refractivity contribution in [1.29, 1.82) is 0 Å². The lowest BCUT2D eigenvalue weighted by Gasteiger charge is -2.18. The Bertz CT molecular complexity index is 673. The Morgan fingerprint density at radius 2 is 2.09 bits per heavy atom. The van der Waals surface area contributed by atoms with Crippen molar-refractivity contribution in [2.75, 3.05) is 5.32 Å². The zero-order chi connectivity index (χ0) is 16.1. The van der Waals surface area contributed by atoms with E-state index in [9.17, 15) is 4.79 Å². The fourth-order valence-corrected chi connectivity index (χ4v) is 2.16. The molecule has 1 amide bonds. The molecule has 0 radical (unpaired) electrons. The third kappa shape index (κ3) is 4.21. The molecule has 2 rings (SSSR count). The molecule has 0 spiro atoms. The number of carbonyl (C=O) groups is 1. The van der Waals surface area contributed by atoms with E-state index in [4.69, 9.17) is 16.3 Å². The fraction of sp³-hybridized carbons (Fsp3) is 0.294.